The smallest absolute Gasteiger partial charge is 0.273 e. The van der Waals surface area contributed by atoms with Crippen molar-refractivity contribution in [3.8, 4) is 0 Å². The Bertz CT molecular complexity index is 587. The van der Waals surface area contributed by atoms with Crippen LogP contribution in [0.1, 0.15) is 23.1 Å². The Morgan fingerprint density at radius 2 is 2.32 bits per heavy atom. The van der Waals surface area contributed by atoms with Crippen LogP contribution in [-0.4, -0.2) is 25.5 Å². The third kappa shape index (κ3) is 2.98. The number of hydrogen-bond acceptors (Lipinski definition) is 3. The van der Waals surface area contributed by atoms with Crippen LogP contribution in [-0.2, 0) is 20.1 Å². The first-order valence-corrected chi connectivity index (χ1v) is 6.87. The van der Waals surface area contributed by atoms with Crippen molar-refractivity contribution in [3.63, 3.8) is 0 Å². The van der Waals surface area contributed by atoms with E-state index in [1.54, 1.807) is 28.8 Å². The van der Waals surface area contributed by atoms with E-state index in [0.717, 1.165) is 5.69 Å². The van der Waals surface area contributed by atoms with Crippen LogP contribution in [0.4, 0.5) is 0 Å². The van der Waals surface area contributed by atoms with Gasteiger partial charge in [0.25, 0.3) is 5.91 Å². The normalized spacial score (nSPS) is 10.7. The van der Waals surface area contributed by atoms with E-state index in [1.165, 1.54) is 0 Å². The number of rotatable bonds is 4. The van der Waals surface area contributed by atoms with Gasteiger partial charge in [-0.1, -0.05) is 11.6 Å². The number of amides is 1. The van der Waals surface area contributed by atoms with Crippen molar-refractivity contribution < 1.29 is 4.79 Å². The fourth-order valence-electron chi connectivity index (χ4n) is 1.60. The van der Waals surface area contributed by atoms with Crippen LogP contribution >= 0.6 is 27.5 Å². The molecule has 0 bridgehead atoms. The number of aromatic nitrogens is 4. The molecule has 1 N–H and O–H groups in total. The summed E-state index contributed by atoms with van der Waals surface area (Å²) in [5.74, 6) is -0.253. The summed E-state index contributed by atoms with van der Waals surface area (Å²) in [6.45, 7) is 2.97. The average Bonchev–Trinajstić information content (AvgIpc) is 2.91. The molecule has 0 saturated heterocycles. The van der Waals surface area contributed by atoms with Gasteiger partial charge in [0, 0.05) is 19.8 Å². The van der Waals surface area contributed by atoms with Gasteiger partial charge < -0.3 is 5.32 Å². The van der Waals surface area contributed by atoms with Crippen LogP contribution in [0.2, 0.25) is 5.02 Å². The first-order chi connectivity index (χ1) is 9.02. The number of hydrogen-bond donors (Lipinski definition) is 1. The molecule has 6 nitrogen and oxygen atoms in total. The second-order valence-electron chi connectivity index (χ2n) is 3.93. The van der Waals surface area contributed by atoms with Gasteiger partial charge in [-0.15, -0.1) is 0 Å². The summed E-state index contributed by atoms with van der Waals surface area (Å²) in [4.78, 5) is 12.0. The standard InChI is InChI=1S/C11H13BrClN5O/c1-3-18-6-7(12)10(16-18)11(19)14-5-9-8(13)4-15-17(9)2/h4,6H,3,5H2,1-2H3,(H,14,19). The van der Waals surface area contributed by atoms with E-state index in [-0.39, 0.29) is 5.91 Å². The zero-order chi connectivity index (χ0) is 14.0. The molecule has 0 aliphatic carbocycles. The number of carbonyl (C=O) groups is 1. The third-order valence-corrected chi connectivity index (χ3v) is 3.58. The van der Waals surface area contributed by atoms with Gasteiger partial charge in [-0.2, -0.15) is 10.2 Å². The van der Waals surface area contributed by atoms with Gasteiger partial charge in [-0.3, -0.25) is 14.2 Å². The highest BCUT2D eigenvalue weighted by Crippen LogP contribution is 2.16. The molecule has 2 aromatic heterocycles. The summed E-state index contributed by atoms with van der Waals surface area (Å²) in [6, 6.07) is 0. The quantitative estimate of drug-likeness (QED) is 0.920. The Kier molecular flexibility index (Phi) is 4.26. The lowest BCUT2D eigenvalue weighted by Crippen LogP contribution is -2.25. The van der Waals surface area contributed by atoms with E-state index >= 15 is 0 Å². The predicted molar refractivity (Wildman–Crippen MR) is 75.0 cm³/mol. The highest BCUT2D eigenvalue weighted by atomic mass is 79.9. The van der Waals surface area contributed by atoms with Gasteiger partial charge in [0.05, 0.1) is 27.9 Å². The van der Waals surface area contributed by atoms with Crippen LogP contribution < -0.4 is 5.32 Å². The molecule has 0 aromatic carbocycles. The summed E-state index contributed by atoms with van der Waals surface area (Å²) in [5, 5.41) is 11.5. The van der Waals surface area contributed by atoms with Crippen LogP contribution in [0.3, 0.4) is 0 Å². The average molecular weight is 347 g/mol. The minimum absolute atomic E-state index is 0.253. The van der Waals surface area contributed by atoms with Crippen molar-refractivity contribution in [1.82, 2.24) is 24.9 Å². The molecule has 19 heavy (non-hydrogen) atoms. The largest absolute Gasteiger partial charge is 0.345 e. The molecule has 0 atom stereocenters. The molecule has 0 radical (unpaired) electrons. The maximum atomic E-state index is 12.0. The zero-order valence-electron chi connectivity index (χ0n) is 10.5. The van der Waals surface area contributed by atoms with E-state index in [1.807, 2.05) is 6.92 Å². The Morgan fingerprint density at radius 3 is 2.84 bits per heavy atom. The molecule has 102 valence electrons. The second kappa shape index (κ2) is 5.75. The molecule has 8 heteroatoms. The highest BCUT2D eigenvalue weighted by Gasteiger charge is 2.16. The van der Waals surface area contributed by atoms with Crippen LogP contribution in [0.25, 0.3) is 0 Å². The van der Waals surface area contributed by atoms with E-state index < -0.39 is 0 Å². The molecule has 1 amide bonds. The lowest BCUT2D eigenvalue weighted by molar-refractivity contribution is 0.0943. The number of halogens is 2. The van der Waals surface area contributed by atoms with Gasteiger partial charge in [-0.25, -0.2) is 0 Å². The minimum atomic E-state index is -0.253. The number of aryl methyl sites for hydroxylation is 2. The van der Waals surface area contributed by atoms with Gasteiger partial charge in [0.2, 0.25) is 0 Å². The molecular formula is C11H13BrClN5O. The fourth-order valence-corrected chi connectivity index (χ4v) is 2.32. The first kappa shape index (κ1) is 14.1. The molecule has 0 fully saturated rings. The second-order valence-corrected chi connectivity index (χ2v) is 5.19. The van der Waals surface area contributed by atoms with Gasteiger partial charge in [-0.05, 0) is 22.9 Å². The lowest BCUT2D eigenvalue weighted by Gasteiger charge is -2.05. The molecule has 0 aliphatic rings. The third-order valence-electron chi connectivity index (χ3n) is 2.68. The van der Waals surface area contributed by atoms with Crippen molar-refractivity contribution >= 4 is 33.4 Å². The molecule has 0 saturated carbocycles. The highest BCUT2D eigenvalue weighted by molar-refractivity contribution is 9.10. The van der Waals surface area contributed by atoms with E-state index in [9.17, 15) is 4.79 Å². The topological polar surface area (TPSA) is 64.7 Å². The van der Waals surface area contributed by atoms with Crippen molar-refractivity contribution in [1.29, 1.82) is 0 Å². The van der Waals surface area contributed by atoms with Gasteiger partial charge >= 0.3 is 0 Å². The van der Waals surface area contributed by atoms with Gasteiger partial charge in [0.15, 0.2) is 5.69 Å². The molecule has 0 spiro atoms. The number of nitrogens with zero attached hydrogens (tertiary/aromatic N) is 4. The Morgan fingerprint density at radius 1 is 1.58 bits per heavy atom. The monoisotopic (exact) mass is 345 g/mol. The number of carbonyl (C=O) groups excluding carboxylic acids is 1. The molecule has 0 aliphatic heterocycles. The molecule has 0 unspecified atom stereocenters. The maximum Gasteiger partial charge on any atom is 0.273 e. The Balaban J connectivity index is 2.07. The lowest BCUT2D eigenvalue weighted by atomic mass is 10.3. The SMILES string of the molecule is CCn1cc(Br)c(C(=O)NCc2c(Cl)cnn2C)n1. The summed E-state index contributed by atoms with van der Waals surface area (Å²) in [5.41, 5.74) is 1.11. The van der Waals surface area contributed by atoms with Crippen LogP contribution in [0, 0.1) is 0 Å². The molecule has 2 rings (SSSR count). The van der Waals surface area contributed by atoms with E-state index in [4.69, 9.17) is 11.6 Å². The van der Waals surface area contributed by atoms with E-state index in [2.05, 4.69) is 31.4 Å². The summed E-state index contributed by atoms with van der Waals surface area (Å²) in [7, 11) is 1.77. The minimum Gasteiger partial charge on any atom is -0.345 e. The molecule has 2 heterocycles. The van der Waals surface area contributed by atoms with Crippen LogP contribution in [0.5, 0.6) is 0 Å². The predicted octanol–water partition coefficient (Wildman–Crippen LogP) is 1.98. The van der Waals surface area contributed by atoms with Crippen molar-refractivity contribution in [2.24, 2.45) is 7.05 Å². The number of nitrogens with one attached hydrogen (secondary N) is 1. The van der Waals surface area contributed by atoms with Crippen molar-refractivity contribution in [3.05, 3.63) is 33.3 Å². The first-order valence-electron chi connectivity index (χ1n) is 5.70. The van der Waals surface area contributed by atoms with E-state index in [0.29, 0.717) is 28.3 Å². The summed E-state index contributed by atoms with van der Waals surface area (Å²) in [6.07, 6.45) is 3.32. The van der Waals surface area contributed by atoms with Crippen molar-refractivity contribution in [2.75, 3.05) is 0 Å². The summed E-state index contributed by atoms with van der Waals surface area (Å²) < 4.78 is 3.99. The Hall–Kier alpha value is -1.34. The zero-order valence-corrected chi connectivity index (χ0v) is 12.9. The van der Waals surface area contributed by atoms with Gasteiger partial charge in [0.1, 0.15) is 0 Å². The molecular weight excluding hydrogens is 334 g/mol. The summed E-state index contributed by atoms with van der Waals surface area (Å²) >= 11 is 9.29. The van der Waals surface area contributed by atoms with Crippen molar-refractivity contribution in [2.45, 2.75) is 20.0 Å². The molecule has 2 aromatic rings. The Labute approximate surface area is 123 Å². The fraction of sp³-hybridized carbons (Fsp3) is 0.364. The maximum absolute atomic E-state index is 12.0. The van der Waals surface area contributed by atoms with Crippen LogP contribution in [0.15, 0.2) is 16.9 Å².